The van der Waals surface area contributed by atoms with E-state index in [0.717, 1.165) is 12.2 Å². The van der Waals surface area contributed by atoms with Gasteiger partial charge in [-0.25, -0.2) is 0 Å². The Kier molecular flexibility index (Phi) is 6.90. The molecule has 0 spiro atoms. The van der Waals surface area contributed by atoms with E-state index in [1.165, 1.54) is 0 Å². The zero-order valence-corrected chi connectivity index (χ0v) is 9.10. The molecular formula is C9H21NOS. The van der Waals surface area contributed by atoms with Crippen LogP contribution in [-0.2, 0) is 0 Å². The summed E-state index contributed by atoms with van der Waals surface area (Å²) in [6, 6.07) is 0.289. The number of nitrogens with two attached hydrogens (primary N) is 1. The molecule has 2 nitrogen and oxygen atoms in total. The van der Waals surface area contributed by atoms with E-state index >= 15 is 0 Å². The van der Waals surface area contributed by atoms with Gasteiger partial charge in [-0.1, -0.05) is 13.8 Å². The minimum Gasteiger partial charge on any atom is -0.396 e. The first-order chi connectivity index (χ1) is 5.56. The highest BCUT2D eigenvalue weighted by Gasteiger charge is 2.07. The average Bonchev–Trinajstić information content (AvgIpc) is 1.99. The van der Waals surface area contributed by atoms with Gasteiger partial charge in [-0.2, -0.15) is 11.8 Å². The van der Waals surface area contributed by atoms with Crippen molar-refractivity contribution in [3.05, 3.63) is 0 Å². The minimum absolute atomic E-state index is 0.289. The molecule has 0 saturated carbocycles. The van der Waals surface area contributed by atoms with Crippen molar-refractivity contribution in [1.82, 2.24) is 0 Å². The monoisotopic (exact) mass is 191 g/mol. The summed E-state index contributed by atoms with van der Waals surface area (Å²) >= 11 is 1.90. The fraction of sp³-hybridized carbons (Fsp3) is 1.00. The van der Waals surface area contributed by atoms with Crippen molar-refractivity contribution in [2.45, 2.75) is 38.5 Å². The SMILES string of the molecule is CC(N)CC(C)SCC(C)CO. The van der Waals surface area contributed by atoms with Gasteiger partial charge in [-0.15, -0.1) is 0 Å². The predicted molar refractivity (Wildman–Crippen MR) is 56.4 cm³/mol. The second-order valence-electron chi connectivity index (χ2n) is 3.64. The Morgan fingerprint density at radius 3 is 2.33 bits per heavy atom. The second kappa shape index (κ2) is 6.75. The molecule has 3 heteroatoms. The Morgan fingerprint density at radius 1 is 1.33 bits per heavy atom. The van der Waals surface area contributed by atoms with E-state index in [2.05, 4.69) is 13.8 Å². The number of aliphatic hydroxyl groups excluding tert-OH is 1. The number of hydrogen-bond acceptors (Lipinski definition) is 3. The quantitative estimate of drug-likeness (QED) is 0.668. The zero-order valence-electron chi connectivity index (χ0n) is 8.29. The molecule has 3 N–H and O–H groups in total. The van der Waals surface area contributed by atoms with E-state index in [1.54, 1.807) is 0 Å². The first kappa shape index (κ1) is 12.3. The molecule has 0 aliphatic rings. The van der Waals surface area contributed by atoms with E-state index < -0.39 is 0 Å². The highest BCUT2D eigenvalue weighted by molar-refractivity contribution is 7.99. The molecule has 0 bridgehead atoms. The van der Waals surface area contributed by atoms with Crippen LogP contribution in [0.2, 0.25) is 0 Å². The third-order valence-electron chi connectivity index (χ3n) is 1.68. The molecule has 0 aromatic heterocycles. The Hall–Kier alpha value is 0.270. The normalized spacial score (nSPS) is 18.8. The predicted octanol–water partition coefficient (Wildman–Crippen LogP) is 1.47. The maximum atomic E-state index is 8.79. The second-order valence-corrected chi connectivity index (χ2v) is 5.12. The van der Waals surface area contributed by atoms with Crippen LogP contribution in [0.3, 0.4) is 0 Å². The van der Waals surface area contributed by atoms with Crippen LogP contribution in [0, 0.1) is 5.92 Å². The lowest BCUT2D eigenvalue weighted by Gasteiger charge is -2.15. The third-order valence-corrected chi connectivity index (χ3v) is 3.20. The van der Waals surface area contributed by atoms with E-state index in [-0.39, 0.29) is 12.6 Å². The number of thioether (sulfide) groups is 1. The highest BCUT2D eigenvalue weighted by Crippen LogP contribution is 2.18. The standard InChI is InChI=1S/C9H21NOS/c1-7(5-11)6-12-9(3)4-8(2)10/h7-9,11H,4-6,10H2,1-3H3. The van der Waals surface area contributed by atoms with Gasteiger partial charge < -0.3 is 10.8 Å². The molecule has 0 saturated heterocycles. The fourth-order valence-corrected chi connectivity index (χ4v) is 2.17. The Bertz CT molecular complexity index is 109. The van der Waals surface area contributed by atoms with Gasteiger partial charge in [0.25, 0.3) is 0 Å². The highest BCUT2D eigenvalue weighted by atomic mass is 32.2. The molecule has 0 fully saturated rings. The summed E-state index contributed by atoms with van der Waals surface area (Å²) in [7, 11) is 0. The Labute approximate surface area is 79.9 Å². The molecule has 74 valence electrons. The molecule has 0 aromatic carbocycles. The van der Waals surface area contributed by atoms with Crippen molar-refractivity contribution >= 4 is 11.8 Å². The van der Waals surface area contributed by atoms with E-state index in [1.807, 2.05) is 18.7 Å². The van der Waals surface area contributed by atoms with Crippen LogP contribution in [0.15, 0.2) is 0 Å². The van der Waals surface area contributed by atoms with Gasteiger partial charge in [0.15, 0.2) is 0 Å². The molecule has 3 atom stereocenters. The lowest BCUT2D eigenvalue weighted by molar-refractivity contribution is 0.250. The fourth-order valence-electron chi connectivity index (χ4n) is 0.973. The molecule has 12 heavy (non-hydrogen) atoms. The summed E-state index contributed by atoms with van der Waals surface area (Å²) < 4.78 is 0. The van der Waals surface area contributed by atoms with Crippen molar-refractivity contribution in [1.29, 1.82) is 0 Å². The lowest BCUT2D eigenvalue weighted by Crippen LogP contribution is -2.20. The Morgan fingerprint density at radius 2 is 1.92 bits per heavy atom. The van der Waals surface area contributed by atoms with Crippen molar-refractivity contribution in [3.63, 3.8) is 0 Å². The molecule has 0 aliphatic heterocycles. The van der Waals surface area contributed by atoms with Gasteiger partial charge in [0.1, 0.15) is 0 Å². The van der Waals surface area contributed by atoms with Crippen LogP contribution in [-0.4, -0.2) is 28.8 Å². The van der Waals surface area contributed by atoms with Crippen LogP contribution < -0.4 is 5.73 Å². The van der Waals surface area contributed by atoms with Crippen LogP contribution in [0.1, 0.15) is 27.2 Å². The summed E-state index contributed by atoms with van der Waals surface area (Å²) in [4.78, 5) is 0. The molecule has 0 radical (unpaired) electrons. The molecule has 0 heterocycles. The minimum atomic E-state index is 0.289. The van der Waals surface area contributed by atoms with Gasteiger partial charge >= 0.3 is 0 Å². The Balaban J connectivity index is 3.36. The molecule has 0 amide bonds. The molecular weight excluding hydrogens is 170 g/mol. The maximum absolute atomic E-state index is 8.79. The van der Waals surface area contributed by atoms with Gasteiger partial charge in [-0.05, 0) is 25.0 Å². The summed E-state index contributed by atoms with van der Waals surface area (Å²) in [5.74, 6) is 1.44. The van der Waals surface area contributed by atoms with Gasteiger partial charge in [0.2, 0.25) is 0 Å². The molecule has 3 unspecified atom stereocenters. The number of aliphatic hydroxyl groups is 1. The van der Waals surface area contributed by atoms with Crippen LogP contribution in [0.4, 0.5) is 0 Å². The van der Waals surface area contributed by atoms with Crippen molar-refractivity contribution < 1.29 is 5.11 Å². The van der Waals surface area contributed by atoms with Crippen LogP contribution in [0.25, 0.3) is 0 Å². The summed E-state index contributed by atoms with van der Waals surface area (Å²) in [6.45, 7) is 6.58. The first-order valence-electron chi connectivity index (χ1n) is 4.54. The van der Waals surface area contributed by atoms with Crippen LogP contribution in [0.5, 0.6) is 0 Å². The summed E-state index contributed by atoms with van der Waals surface area (Å²) in [5.41, 5.74) is 5.67. The van der Waals surface area contributed by atoms with E-state index in [9.17, 15) is 0 Å². The van der Waals surface area contributed by atoms with Crippen LogP contribution >= 0.6 is 11.8 Å². The van der Waals surface area contributed by atoms with Gasteiger partial charge in [0.05, 0.1) is 0 Å². The number of rotatable bonds is 6. The zero-order chi connectivity index (χ0) is 9.56. The van der Waals surface area contributed by atoms with Gasteiger partial charge in [-0.3, -0.25) is 0 Å². The molecule has 0 aromatic rings. The van der Waals surface area contributed by atoms with Crippen molar-refractivity contribution in [2.75, 3.05) is 12.4 Å². The summed E-state index contributed by atoms with van der Waals surface area (Å²) in [5, 5.41) is 9.40. The van der Waals surface area contributed by atoms with Crippen molar-refractivity contribution in [2.24, 2.45) is 11.7 Å². The number of hydrogen-bond donors (Lipinski definition) is 2. The average molecular weight is 191 g/mol. The lowest BCUT2D eigenvalue weighted by atomic mass is 10.2. The smallest absolute Gasteiger partial charge is 0.0464 e. The maximum Gasteiger partial charge on any atom is 0.0464 e. The van der Waals surface area contributed by atoms with E-state index in [4.69, 9.17) is 10.8 Å². The molecule has 0 rings (SSSR count). The van der Waals surface area contributed by atoms with Gasteiger partial charge in [0, 0.05) is 17.9 Å². The molecule has 0 aliphatic carbocycles. The largest absolute Gasteiger partial charge is 0.396 e. The third kappa shape index (κ3) is 6.95. The topological polar surface area (TPSA) is 46.2 Å². The summed E-state index contributed by atoms with van der Waals surface area (Å²) in [6.07, 6.45) is 1.06. The first-order valence-corrected chi connectivity index (χ1v) is 5.59. The van der Waals surface area contributed by atoms with Crippen molar-refractivity contribution in [3.8, 4) is 0 Å². The van der Waals surface area contributed by atoms with E-state index in [0.29, 0.717) is 11.2 Å².